The minimum Gasteiger partial charge on any atom is -0.497 e. The summed E-state index contributed by atoms with van der Waals surface area (Å²) in [5, 5.41) is 3.16. The van der Waals surface area contributed by atoms with Crippen LogP contribution in [0.1, 0.15) is 34.5 Å². The van der Waals surface area contributed by atoms with Crippen LogP contribution in [0.3, 0.4) is 0 Å². The Labute approximate surface area is 177 Å². The number of nitrogens with one attached hydrogen (secondary N) is 1. The molecule has 3 aliphatic rings. The Balaban J connectivity index is 1.24. The molecule has 158 valence electrons. The summed E-state index contributed by atoms with van der Waals surface area (Å²) < 4.78 is 11.8. The molecule has 3 saturated heterocycles. The summed E-state index contributed by atoms with van der Waals surface area (Å²) in [6, 6.07) is 12.0. The predicted octanol–water partition coefficient (Wildman–Crippen LogP) is 2.81. The standard InChI is InChI=1S/C24H29N3O3/c1-16-19(4-3-11-25-16)23(28)26-12-20-21-14-27(15-24(21)10-9-22(20)30-24)13-17-5-7-18(29-2)8-6-17/h3-8,11,20-22H,9-10,12-15H2,1-2H3,(H,26,28)/t20-,21+,22+,24+/m0/s1. The van der Waals surface area contributed by atoms with Crippen LogP contribution < -0.4 is 10.1 Å². The van der Waals surface area contributed by atoms with Crippen molar-refractivity contribution in [2.45, 2.75) is 38.0 Å². The molecule has 3 aliphatic heterocycles. The van der Waals surface area contributed by atoms with Crippen LogP contribution in [0.25, 0.3) is 0 Å². The van der Waals surface area contributed by atoms with Crippen LogP contribution in [-0.2, 0) is 11.3 Å². The van der Waals surface area contributed by atoms with Crippen LogP contribution in [0, 0.1) is 18.8 Å². The van der Waals surface area contributed by atoms with Crippen LogP contribution in [0.5, 0.6) is 5.75 Å². The Hall–Kier alpha value is -2.44. The smallest absolute Gasteiger partial charge is 0.253 e. The first kappa shape index (κ1) is 19.5. The number of methoxy groups -OCH3 is 1. The first-order chi connectivity index (χ1) is 14.6. The molecule has 0 radical (unpaired) electrons. The Morgan fingerprint density at radius 1 is 1.33 bits per heavy atom. The van der Waals surface area contributed by atoms with Gasteiger partial charge in [-0.2, -0.15) is 0 Å². The highest BCUT2D eigenvalue weighted by atomic mass is 16.5. The number of ether oxygens (including phenoxy) is 2. The molecule has 2 aromatic rings. The number of nitrogens with zero attached hydrogens (tertiary/aromatic N) is 2. The van der Waals surface area contributed by atoms with E-state index in [1.807, 2.05) is 31.2 Å². The van der Waals surface area contributed by atoms with E-state index in [-0.39, 0.29) is 17.6 Å². The van der Waals surface area contributed by atoms with Crippen molar-refractivity contribution in [3.63, 3.8) is 0 Å². The van der Waals surface area contributed by atoms with Gasteiger partial charge in [0.15, 0.2) is 0 Å². The first-order valence-electron chi connectivity index (χ1n) is 10.8. The van der Waals surface area contributed by atoms with Gasteiger partial charge in [0, 0.05) is 49.9 Å². The molecule has 6 nitrogen and oxygen atoms in total. The lowest BCUT2D eigenvalue weighted by Gasteiger charge is -2.29. The van der Waals surface area contributed by atoms with Crippen molar-refractivity contribution in [3.8, 4) is 5.75 Å². The Kier molecular flexibility index (Phi) is 4.99. The maximum Gasteiger partial charge on any atom is 0.253 e. The number of rotatable bonds is 6. The minimum absolute atomic E-state index is 0.0310. The van der Waals surface area contributed by atoms with Gasteiger partial charge in [-0.15, -0.1) is 0 Å². The number of hydrogen-bond donors (Lipinski definition) is 1. The number of likely N-dealkylation sites (tertiary alicyclic amines) is 1. The normalized spacial score (nSPS) is 29.7. The SMILES string of the molecule is COc1ccc(CN2C[C@@H]3[C@H](CNC(=O)c4cccnc4C)[C@H]4CC[C@]3(C2)O4)cc1. The van der Waals surface area contributed by atoms with Gasteiger partial charge in [0.1, 0.15) is 5.75 Å². The number of pyridine rings is 1. The molecule has 1 spiro atoms. The molecule has 3 fully saturated rings. The van der Waals surface area contributed by atoms with Crippen LogP contribution in [0.4, 0.5) is 0 Å². The van der Waals surface area contributed by atoms with Gasteiger partial charge in [-0.3, -0.25) is 14.7 Å². The fourth-order valence-electron chi connectivity index (χ4n) is 5.70. The van der Waals surface area contributed by atoms with Crippen molar-refractivity contribution in [2.75, 3.05) is 26.7 Å². The van der Waals surface area contributed by atoms with E-state index in [4.69, 9.17) is 9.47 Å². The molecule has 0 unspecified atom stereocenters. The van der Waals surface area contributed by atoms with Gasteiger partial charge in [0.05, 0.1) is 24.4 Å². The first-order valence-corrected chi connectivity index (χ1v) is 10.8. The number of hydrogen-bond acceptors (Lipinski definition) is 5. The lowest BCUT2D eigenvalue weighted by Crippen LogP contribution is -2.42. The number of aromatic nitrogens is 1. The zero-order valence-electron chi connectivity index (χ0n) is 17.6. The van der Waals surface area contributed by atoms with Crippen molar-refractivity contribution in [2.24, 2.45) is 11.8 Å². The van der Waals surface area contributed by atoms with E-state index in [0.717, 1.165) is 43.9 Å². The lowest BCUT2D eigenvalue weighted by atomic mass is 9.73. The fraction of sp³-hybridized carbons (Fsp3) is 0.500. The van der Waals surface area contributed by atoms with E-state index in [0.29, 0.717) is 23.9 Å². The summed E-state index contributed by atoms with van der Waals surface area (Å²) in [5.41, 5.74) is 2.68. The molecule has 1 aromatic heterocycles. The third kappa shape index (κ3) is 3.38. The van der Waals surface area contributed by atoms with Gasteiger partial charge in [0.25, 0.3) is 5.91 Å². The van der Waals surface area contributed by atoms with E-state index in [1.54, 1.807) is 13.3 Å². The molecular formula is C24H29N3O3. The van der Waals surface area contributed by atoms with Crippen molar-refractivity contribution in [3.05, 3.63) is 59.4 Å². The highest BCUT2D eigenvalue weighted by Gasteiger charge is 2.62. The minimum atomic E-state index is -0.0366. The molecule has 4 heterocycles. The van der Waals surface area contributed by atoms with Gasteiger partial charge in [-0.25, -0.2) is 0 Å². The molecule has 0 saturated carbocycles. The van der Waals surface area contributed by atoms with Crippen molar-refractivity contribution in [1.29, 1.82) is 0 Å². The molecule has 30 heavy (non-hydrogen) atoms. The monoisotopic (exact) mass is 407 g/mol. The number of aryl methyl sites for hydroxylation is 1. The molecule has 1 N–H and O–H groups in total. The number of fused-ring (bicyclic) bond motifs is 1. The highest BCUT2D eigenvalue weighted by molar-refractivity contribution is 5.95. The molecule has 4 atom stereocenters. The molecule has 2 bridgehead atoms. The lowest BCUT2D eigenvalue weighted by molar-refractivity contribution is 0.00212. The second kappa shape index (κ2) is 7.67. The van der Waals surface area contributed by atoms with Gasteiger partial charge in [-0.05, 0) is 49.6 Å². The summed E-state index contributed by atoms with van der Waals surface area (Å²) in [5.74, 6) is 1.70. The zero-order valence-corrected chi connectivity index (χ0v) is 17.6. The van der Waals surface area contributed by atoms with Gasteiger partial charge in [0.2, 0.25) is 0 Å². The summed E-state index contributed by atoms with van der Waals surface area (Å²) in [6.45, 7) is 5.46. The second-order valence-electron chi connectivity index (χ2n) is 8.89. The van der Waals surface area contributed by atoms with Crippen molar-refractivity contribution >= 4 is 5.91 Å². The largest absolute Gasteiger partial charge is 0.497 e. The van der Waals surface area contributed by atoms with Gasteiger partial charge >= 0.3 is 0 Å². The highest BCUT2D eigenvalue weighted by Crippen LogP contribution is 2.54. The molecular weight excluding hydrogens is 378 g/mol. The van der Waals surface area contributed by atoms with Crippen molar-refractivity contribution < 1.29 is 14.3 Å². The molecule has 1 aromatic carbocycles. The van der Waals surface area contributed by atoms with Crippen molar-refractivity contribution in [1.82, 2.24) is 15.2 Å². The van der Waals surface area contributed by atoms with E-state index in [2.05, 4.69) is 27.3 Å². The quantitative estimate of drug-likeness (QED) is 0.798. The third-order valence-electron chi connectivity index (χ3n) is 7.17. The average Bonchev–Trinajstić information content (AvgIpc) is 3.41. The Morgan fingerprint density at radius 3 is 2.93 bits per heavy atom. The van der Waals surface area contributed by atoms with Crippen LogP contribution in [0.2, 0.25) is 0 Å². The fourth-order valence-corrected chi connectivity index (χ4v) is 5.70. The van der Waals surface area contributed by atoms with E-state index < -0.39 is 0 Å². The summed E-state index contributed by atoms with van der Waals surface area (Å²) in [6.07, 6.45) is 4.22. The van der Waals surface area contributed by atoms with Crippen LogP contribution in [0.15, 0.2) is 42.6 Å². The van der Waals surface area contributed by atoms with E-state index in [1.165, 1.54) is 5.56 Å². The Bertz CT molecular complexity index is 932. The van der Waals surface area contributed by atoms with Crippen LogP contribution >= 0.6 is 0 Å². The predicted molar refractivity (Wildman–Crippen MR) is 113 cm³/mol. The van der Waals surface area contributed by atoms with Gasteiger partial charge in [-0.1, -0.05) is 12.1 Å². The van der Waals surface area contributed by atoms with Crippen LogP contribution in [-0.4, -0.2) is 54.2 Å². The number of amides is 1. The van der Waals surface area contributed by atoms with Gasteiger partial charge < -0.3 is 14.8 Å². The number of benzene rings is 1. The summed E-state index contributed by atoms with van der Waals surface area (Å²) >= 11 is 0. The van der Waals surface area contributed by atoms with E-state index >= 15 is 0 Å². The molecule has 5 rings (SSSR count). The number of carbonyl (C=O) groups is 1. The summed E-state index contributed by atoms with van der Waals surface area (Å²) in [4.78, 5) is 19.4. The molecule has 0 aliphatic carbocycles. The Morgan fingerprint density at radius 2 is 2.17 bits per heavy atom. The summed E-state index contributed by atoms with van der Waals surface area (Å²) in [7, 11) is 1.69. The van der Waals surface area contributed by atoms with E-state index in [9.17, 15) is 4.79 Å². The maximum absolute atomic E-state index is 12.7. The topological polar surface area (TPSA) is 63.7 Å². The molecule has 6 heteroatoms. The zero-order chi connectivity index (χ0) is 20.7. The average molecular weight is 408 g/mol. The molecule has 1 amide bonds. The maximum atomic E-state index is 12.7. The number of carbonyl (C=O) groups excluding carboxylic acids is 1. The second-order valence-corrected chi connectivity index (χ2v) is 8.89. The third-order valence-corrected chi connectivity index (χ3v) is 7.17.